The molecule has 0 saturated carbocycles. The summed E-state index contributed by atoms with van der Waals surface area (Å²) in [6, 6.07) is 12.9. The third-order valence-corrected chi connectivity index (χ3v) is 4.33. The smallest absolute Gasteiger partial charge is 0.335 e. The minimum Gasteiger partial charge on any atom is -0.478 e. The highest BCUT2D eigenvalue weighted by Gasteiger charge is 2.19. The Kier molecular flexibility index (Phi) is 4.51. The van der Waals surface area contributed by atoms with Crippen LogP contribution in [0.15, 0.2) is 55.0 Å². The van der Waals surface area contributed by atoms with Gasteiger partial charge in [-0.25, -0.2) is 9.78 Å². The Bertz CT molecular complexity index is 842. The molecule has 0 aliphatic heterocycles. The van der Waals surface area contributed by atoms with Gasteiger partial charge >= 0.3 is 5.97 Å². The molecule has 1 unspecified atom stereocenters. The van der Waals surface area contributed by atoms with E-state index >= 15 is 0 Å². The normalized spacial score (nSPS) is 12.0. The second-order valence-electron chi connectivity index (χ2n) is 5.83. The van der Waals surface area contributed by atoms with Crippen LogP contribution in [0.5, 0.6) is 0 Å². The lowest BCUT2D eigenvalue weighted by Gasteiger charge is -2.20. The molecule has 2 N–H and O–H groups in total. The molecule has 0 amide bonds. The first-order chi connectivity index (χ1) is 11.6. The zero-order chi connectivity index (χ0) is 17.1. The van der Waals surface area contributed by atoms with Gasteiger partial charge in [-0.2, -0.15) is 0 Å². The topological polar surface area (TPSA) is 66.0 Å². The van der Waals surface area contributed by atoms with Crippen molar-refractivity contribution >= 4 is 19.3 Å². The van der Waals surface area contributed by atoms with Crippen LogP contribution >= 0.6 is 0 Å². The Labute approximate surface area is 142 Å². The van der Waals surface area contributed by atoms with Crippen LogP contribution in [0.2, 0.25) is 0 Å². The lowest BCUT2D eigenvalue weighted by molar-refractivity contribution is 0.0697. The molecular weight excluding hydrogens is 299 g/mol. The van der Waals surface area contributed by atoms with E-state index in [1.165, 1.54) is 0 Å². The SMILES string of the molecule is [B]c1cccc(C(Cc2ccc(C(=O)O)cc2)c2cnc[nH]2)c1C. The summed E-state index contributed by atoms with van der Waals surface area (Å²) in [5.74, 6) is -0.843. The lowest BCUT2D eigenvalue weighted by atomic mass is 9.81. The molecule has 24 heavy (non-hydrogen) atoms. The average Bonchev–Trinajstić information content (AvgIpc) is 3.10. The highest BCUT2D eigenvalue weighted by molar-refractivity contribution is 6.33. The van der Waals surface area contributed by atoms with Gasteiger partial charge in [0.1, 0.15) is 7.85 Å². The van der Waals surface area contributed by atoms with Crippen molar-refractivity contribution in [2.24, 2.45) is 0 Å². The fraction of sp³-hybridized carbons (Fsp3) is 0.158. The van der Waals surface area contributed by atoms with Gasteiger partial charge in [0.05, 0.1) is 11.9 Å². The van der Waals surface area contributed by atoms with E-state index in [2.05, 4.69) is 16.0 Å². The summed E-state index contributed by atoms with van der Waals surface area (Å²) in [4.78, 5) is 18.3. The zero-order valence-corrected chi connectivity index (χ0v) is 13.4. The van der Waals surface area contributed by atoms with Crippen molar-refractivity contribution in [2.75, 3.05) is 0 Å². The van der Waals surface area contributed by atoms with Crippen LogP contribution in [0.25, 0.3) is 0 Å². The highest BCUT2D eigenvalue weighted by atomic mass is 16.4. The zero-order valence-electron chi connectivity index (χ0n) is 13.4. The number of carboxylic acids is 1. The van der Waals surface area contributed by atoms with Gasteiger partial charge in [0.15, 0.2) is 0 Å². The van der Waals surface area contributed by atoms with Crippen LogP contribution < -0.4 is 5.46 Å². The third kappa shape index (κ3) is 3.25. The first-order valence-electron chi connectivity index (χ1n) is 7.71. The van der Waals surface area contributed by atoms with Crippen molar-refractivity contribution < 1.29 is 9.90 Å². The van der Waals surface area contributed by atoms with Gasteiger partial charge in [-0.1, -0.05) is 41.4 Å². The molecule has 0 bridgehead atoms. The molecule has 5 heteroatoms. The standard InChI is InChI=1S/C19H17BN2O2/c1-12-15(3-2-4-17(12)20)16(18-10-21-11-22-18)9-13-5-7-14(8-6-13)19(23)24/h2-8,10-11,16H,9H2,1H3,(H,21,22)(H,23,24). The van der Waals surface area contributed by atoms with Gasteiger partial charge < -0.3 is 10.1 Å². The van der Waals surface area contributed by atoms with Crippen LogP contribution in [0.3, 0.4) is 0 Å². The minimum absolute atomic E-state index is 0.0756. The summed E-state index contributed by atoms with van der Waals surface area (Å²) in [6.45, 7) is 2.02. The Hall–Kier alpha value is -2.82. The van der Waals surface area contributed by atoms with Crippen molar-refractivity contribution in [3.8, 4) is 0 Å². The molecule has 118 valence electrons. The molecule has 0 aliphatic carbocycles. The van der Waals surface area contributed by atoms with Gasteiger partial charge in [0.25, 0.3) is 0 Å². The summed E-state index contributed by atoms with van der Waals surface area (Å²) in [6.07, 6.45) is 4.21. The van der Waals surface area contributed by atoms with E-state index in [1.807, 2.05) is 37.4 Å². The van der Waals surface area contributed by atoms with E-state index in [1.54, 1.807) is 18.5 Å². The number of imidazole rings is 1. The molecule has 2 aromatic carbocycles. The second-order valence-corrected chi connectivity index (χ2v) is 5.83. The summed E-state index contributed by atoms with van der Waals surface area (Å²) in [7, 11) is 6.07. The van der Waals surface area contributed by atoms with E-state index in [4.69, 9.17) is 13.0 Å². The fourth-order valence-electron chi connectivity index (χ4n) is 2.91. The maximum atomic E-state index is 11.0. The van der Waals surface area contributed by atoms with Crippen LogP contribution in [0.1, 0.15) is 38.7 Å². The highest BCUT2D eigenvalue weighted by Crippen LogP contribution is 2.28. The molecule has 0 aliphatic rings. The van der Waals surface area contributed by atoms with Gasteiger partial charge in [-0.15, -0.1) is 0 Å². The molecule has 1 atom stereocenters. The van der Waals surface area contributed by atoms with Gasteiger partial charge in [0, 0.05) is 17.8 Å². The first-order valence-corrected chi connectivity index (χ1v) is 7.71. The number of nitrogens with zero attached hydrogens (tertiary/aromatic N) is 1. The van der Waals surface area contributed by atoms with Crippen molar-refractivity contribution in [3.05, 3.63) is 82.9 Å². The maximum Gasteiger partial charge on any atom is 0.335 e. The number of H-pyrrole nitrogens is 1. The van der Waals surface area contributed by atoms with Crippen molar-refractivity contribution in [3.63, 3.8) is 0 Å². The summed E-state index contributed by atoms with van der Waals surface area (Å²) in [5, 5.41) is 9.03. The second kappa shape index (κ2) is 6.75. The average molecular weight is 316 g/mol. The fourth-order valence-corrected chi connectivity index (χ4v) is 2.91. The Morgan fingerprint density at radius 1 is 1.25 bits per heavy atom. The third-order valence-electron chi connectivity index (χ3n) is 4.33. The predicted octanol–water partition coefficient (Wildman–Crippen LogP) is 2.58. The van der Waals surface area contributed by atoms with Crippen molar-refractivity contribution in [2.45, 2.75) is 19.3 Å². The van der Waals surface area contributed by atoms with Crippen molar-refractivity contribution in [1.82, 2.24) is 9.97 Å². The van der Waals surface area contributed by atoms with Crippen LogP contribution in [0.4, 0.5) is 0 Å². The van der Waals surface area contributed by atoms with Gasteiger partial charge in [0.2, 0.25) is 0 Å². The largest absolute Gasteiger partial charge is 0.478 e. The van der Waals surface area contributed by atoms with E-state index in [0.29, 0.717) is 0 Å². The van der Waals surface area contributed by atoms with Gasteiger partial charge in [-0.3, -0.25) is 0 Å². The van der Waals surface area contributed by atoms with E-state index < -0.39 is 5.97 Å². The number of rotatable bonds is 5. The lowest BCUT2D eigenvalue weighted by Crippen LogP contribution is -2.15. The van der Waals surface area contributed by atoms with E-state index in [9.17, 15) is 4.79 Å². The number of carboxylic acid groups (broad SMARTS) is 1. The molecule has 0 saturated heterocycles. The number of aromatic amines is 1. The minimum atomic E-state index is -0.918. The monoisotopic (exact) mass is 316 g/mol. The number of hydrogen-bond acceptors (Lipinski definition) is 2. The summed E-state index contributed by atoms with van der Waals surface area (Å²) in [5.41, 5.74) is 5.31. The molecule has 3 rings (SSSR count). The Balaban J connectivity index is 1.97. The number of aromatic nitrogens is 2. The first kappa shape index (κ1) is 16.1. The molecule has 0 spiro atoms. The number of nitrogens with one attached hydrogen (secondary N) is 1. The van der Waals surface area contributed by atoms with Crippen LogP contribution in [0, 0.1) is 6.92 Å². The molecule has 1 heterocycles. The van der Waals surface area contributed by atoms with Crippen LogP contribution in [-0.2, 0) is 6.42 Å². The Morgan fingerprint density at radius 2 is 2.00 bits per heavy atom. The maximum absolute atomic E-state index is 11.0. The molecule has 0 fully saturated rings. The van der Waals surface area contributed by atoms with E-state index in [0.717, 1.165) is 34.3 Å². The molecular formula is C19H17BN2O2. The predicted molar refractivity (Wildman–Crippen MR) is 94.1 cm³/mol. The number of aromatic carboxylic acids is 1. The molecule has 2 radical (unpaired) electrons. The summed E-state index contributed by atoms with van der Waals surface area (Å²) < 4.78 is 0. The molecule has 3 aromatic rings. The van der Waals surface area contributed by atoms with Crippen molar-refractivity contribution in [1.29, 1.82) is 0 Å². The van der Waals surface area contributed by atoms with E-state index in [-0.39, 0.29) is 11.5 Å². The van der Waals surface area contributed by atoms with Crippen LogP contribution in [-0.4, -0.2) is 28.9 Å². The van der Waals surface area contributed by atoms with Gasteiger partial charge in [-0.05, 0) is 36.6 Å². The quantitative estimate of drug-likeness (QED) is 0.711. The number of benzene rings is 2. The molecule has 4 nitrogen and oxygen atoms in total. The Morgan fingerprint density at radius 3 is 2.62 bits per heavy atom. The summed E-state index contributed by atoms with van der Waals surface area (Å²) >= 11 is 0. The number of carbonyl (C=O) groups is 1. The number of hydrogen-bond donors (Lipinski definition) is 2. The molecule has 1 aromatic heterocycles.